The molecule has 0 saturated heterocycles. The van der Waals surface area contributed by atoms with Crippen molar-refractivity contribution in [2.24, 2.45) is 0 Å². The van der Waals surface area contributed by atoms with Crippen molar-refractivity contribution in [3.63, 3.8) is 0 Å². The molecule has 19 heavy (non-hydrogen) atoms. The molecule has 0 aromatic carbocycles. The average molecular weight is 268 g/mol. The van der Waals surface area contributed by atoms with Crippen LogP contribution in [0.5, 0.6) is 0 Å². The SMILES string of the molecule is C#CC(CC)(CC)NC(=O)CN(C)C(C)(C)C(=O)O. The van der Waals surface area contributed by atoms with Crippen molar-refractivity contribution < 1.29 is 14.7 Å². The summed E-state index contributed by atoms with van der Waals surface area (Å²) >= 11 is 0. The van der Waals surface area contributed by atoms with Crippen molar-refractivity contribution >= 4 is 11.9 Å². The number of likely N-dealkylation sites (N-methyl/N-ethyl adjacent to an activating group) is 1. The zero-order chi connectivity index (χ0) is 15.3. The number of terminal acetylenes is 1. The summed E-state index contributed by atoms with van der Waals surface area (Å²) in [5, 5.41) is 11.9. The van der Waals surface area contributed by atoms with E-state index in [1.807, 2.05) is 13.8 Å². The Balaban J connectivity index is 4.73. The van der Waals surface area contributed by atoms with Gasteiger partial charge in [-0.3, -0.25) is 14.5 Å². The summed E-state index contributed by atoms with van der Waals surface area (Å²) in [6.07, 6.45) is 6.74. The maximum absolute atomic E-state index is 12.0. The van der Waals surface area contributed by atoms with Crippen LogP contribution in [0.15, 0.2) is 0 Å². The van der Waals surface area contributed by atoms with E-state index in [0.29, 0.717) is 12.8 Å². The molecule has 0 fully saturated rings. The van der Waals surface area contributed by atoms with Gasteiger partial charge in [-0.25, -0.2) is 0 Å². The molecule has 108 valence electrons. The van der Waals surface area contributed by atoms with Gasteiger partial charge in [-0.2, -0.15) is 0 Å². The normalized spacial score (nSPS) is 12.1. The van der Waals surface area contributed by atoms with Gasteiger partial charge in [0.15, 0.2) is 0 Å². The van der Waals surface area contributed by atoms with Gasteiger partial charge in [0.1, 0.15) is 11.1 Å². The van der Waals surface area contributed by atoms with Crippen molar-refractivity contribution in [3.05, 3.63) is 0 Å². The highest BCUT2D eigenvalue weighted by molar-refractivity contribution is 5.82. The molecule has 0 aromatic rings. The second kappa shape index (κ2) is 6.58. The summed E-state index contributed by atoms with van der Waals surface area (Å²) in [5.41, 5.74) is -1.75. The number of carboxylic acid groups (broad SMARTS) is 1. The largest absolute Gasteiger partial charge is 0.480 e. The third-order valence-electron chi connectivity index (χ3n) is 3.72. The van der Waals surface area contributed by atoms with E-state index in [1.165, 1.54) is 4.90 Å². The van der Waals surface area contributed by atoms with E-state index in [0.717, 1.165) is 0 Å². The Hall–Kier alpha value is -1.54. The van der Waals surface area contributed by atoms with Crippen LogP contribution in [0.2, 0.25) is 0 Å². The van der Waals surface area contributed by atoms with Crippen LogP contribution in [-0.4, -0.2) is 46.6 Å². The molecule has 0 saturated carbocycles. The first kappa shape index (κ1) is 17.5. The van der Waals surface area contributed by atoms with E-state index in [9.17, 15) is 9.59 Å². The number of nitrogens with zero attached hydrogens (tertiary/aromatic N) is 1. The Morgan fingerprint density at radius 2 is 1.79 bits per heavy atom. The molecule has 0 spiro atoms. The Bertz CT molecular complexity index is 379. The van der Waals surface area contributed by atoms with E-state index < -0.39 is 17.0 Å². The first-order chi connectivity index (χ1) is 8.65. The number of amides is 1. The van der Waals surface area contributed by atoms with Gasteiger partial charge in [0, 0.05) is 0 Å². The van der Waals surface area contributed by atoms with E-state index in [-0.39, 0.29) is 12.5 Å². The number of carboxylic acids is 1. The molecule has 1 amide bonds. The van der Waals surface area contributed by atoms with Crippen molar-refractivity contribution in [1.29, 1.82) is 0 Å². The highest BCUT2D eigenvalue weighted by Crippen LogP contribution is 2.15. The molecule has 0 aliphatic carbocycles. The number of carbonyl (C=O) groups is 2. The van der Waals surface area contributed by atoms with Gasteiger partial charge < -0.3 is 10.4 Å². The Morgan fingerprint density at radius 3 is 2.11 bits per heavy atom. The van der Waals surface area contributed by atoms with E-state index in [4.69, 9.17) is 11.5 Å². The summed E-state index contributed by atoms with van der Waals surface area (Å²) in [5.74, 6) is 1.37. The number of hydrogen-bond acceptors (Lipinski definition) is 3. The summed E-state index contributed by atoms with van der Waals surface area (Å²) < 4.78 is 0. The van der Waals surface area contributed by atoms with Crippen LogP contribution >= 0.6 is 0 Å². The molecule has 0 unspecified atom stereocenters. The van der Waals surface area contributed by atoms with Crippen molar-refractivity contribution in [3.8, 4) is 12.3 Å². The molecule has 0 rings (SSSR count). The number of aliphatic carboxylic acids is 1. The van der Waals surface area contributed by atoms with Gasteiger partial charge in [-0.15, -0.1) is 6.42 Å². The Labute approximate surface area is 115 Å². The first-order valence-corrected chi connectivity index (χ1v) is 6.38. The standard InChI is InChI=1S/C14H24N2O3/c1-7-14(8-2,9-3)15-11(17)10-16(6)13(4,5)12(18)19/h1H,8-10H2,2-6H3,(H,15,17)(H,18,19). The van der Waals surface area contributed by atoms with E-state index in [2.05, 4.69) is 11.2 Å². The zero-order valence-corrected chi connectivity index (χ0v) is 12.4. The highest BCUT2D eigenvalue weighted by atomic mass is 16.4. The van der Waals surface area contributed by atoms with Gasteiger partial charge in [0.05, 0.1) is 6.54 Å². The first-order valence-electron chi connectivity index (χ1n) is 6.38. The lowest BCUT2D eigenvalue weighted by Gasteiger charge is -2.33. The molecule has 0 radical (unpaired) electrons. The second-order valence-corrected chi connectivity index (χ2v) is 5.20. The molecule has 0 bridgehead atoms. The number of nitrogens with one attached hydrogen (secondary N) is 1. The van der Waals surface area contributed by atoms with Gasteiger partial charge in [-0.1, -0.05) is 19.8 Å². The number of carbonyl (C=O) groups excluding carboxylic acids is 1. The maximum atomic E-state index is 12.0. The van der Waals surface area contributed by atoms with Crippen LogP contribution in [-0.2, 0) is 9.59 Å². The summed E-state index contributed by atoms with van der Waals surface area (Å²) in [4.78, 5) is 24.5. The molecule has 0 aliphatic rings. The van der Waals surface area contributed by atoms with Crippen molar-refractivity contribution in [2.45, 2.75) is 51.6 Å². The van der Waals surface area contributed by atoms with Crippen molar-refractivity contribution in [2.75, 3.05) is 13.6 Å². The van der Waals surface area contributed by atoms with Gasteiger partial charge in [0.2, 0.25) is 5.91 Å². The lowest BCUT2D eigenvalue weighted by molar-refractivity contribution is -0.149. The van der Waals surface area contributed by atoms with Crippen molar-refractivity contribution in [1.82, 2.24) is 10.2 Å². The molecule has 5 nitrogen and oxygen atoms in total. The minimum Gasteiger partial charge on any atom is -0.480 e. The minimum absolute atomic E-state index is 0.0112. The van der Waals surface area contributed by atoms with Crippen LogP contribution in [0.3, 0.4) is 0 Å². The fourth-order valence-corrected chi connectivity index (χ4v) is 1.55. The summed E-state index contributed by atoms with van der Waals surface area (Å²) in [6.45, 7) is 6.92. The number of rotatable bonds is 7. The summed E-state index contributed by atoms with van der Waals surface area (Å²) in [6, 6.07) is 0. The number of hydrogen-bond donors (Lipinski definition) is 2. The lowest BCUT2D eigenvalue weighted by Crippen LogP contribution is -2.54. The minimum atomic E-state index is -1.10. The quantitative estimate of drug-likeness (QED) is 0.678. The Kier molecular flexibility index (Phi) is 6.04. The predicted molar refractivity (Wildman–Crippen MR) is 74.6 cm³/mol. The van der Waals surface area contributed by atoms with Crippen LogP contribution in [0.1, 0.15) is 40.5 Å². The molecule has 0 heterocycles. The molecular weight excluding hydrogens is 244 g/mol. The lowest BCUT2D eigenvalue weighted by atomic mass is 9.94. The molecule has 0 atom stereocenters. The predicted octanol–water partition coefficient (Wildman–Crippen LogP) is 1.09. The molecule has 0 aliphatic heterocycles. The van der Waals surface area contributed by atoms with E-state index in [1.54, 1.807) is 20.9 Å². The third kappa shape index (κ3) is 4.25. The maximum Gasteiger partial charge on any atom is 0.323 e. The van der Waals surface area contributed by atoms with Gasteiger partial charge in [0.25, 0.3) is 0 Å². The fourth-order valence-electron chi connectivity index (χ4n) is 1.55. The van der Waals surface area contributed by atoms with Gasteiger partial charge >= 0.3 is 5.97 Å². The van der Waals surface area contributed by atoms with Gasteiger partial charge in [-0.05, 0) is 33.7 Å². The van der Waals surface area contributed by atoms with Crippen LogP contribution in [0, 0.1) is 12.3 Å². The monoisotopic (exact) mass is 268 g/mol. The third-order valence-corrected chi connectivity index (χ3v) is 3.72. The van der Waals surface area contributed by atoms with Crippen LogP contribution < -0.4 is 5.32 Å². The Morgan fingerprint density at radius 1 is 1.32 bits per heavy atom. The molecule has 2 N–H and O–H groups in total. The fraction of sp³-hybridized carbons (Fsp3) is 0.714. The molecular formula is C14H24N2O3. The molecule has 5 heteroatoms. The summed E-state index contributed by atoms with van der Waals surface area (Å²) in [7, 11) is 1.60. The highest BCUT2D eigenvalue weighted by Gasteiger charge is 2.34. The second-order valence-electron chi connectivity index (χ2n) is 5.20. The van der Waals surface area contributed by atoms with Crippen LogP contribution in [0.4, 0.5) is 0 Å². The zero-order valence-electron chi connectivity index (χ0n) is 12.4. The smallest absolute Gasteiger partial charge is 0.323 e. The molecule has 0 aromatic heterocycles. The topological polar surface area (TPSA) is 69.6 Å². The van der Waals surface area contributed by atoms with Crippen LogP contribution in [0.25, 0.3) is 0 Å². The average Bonchev–Trinajstić information content (AvgIpc) is 2.35. The van der Waals surface area contributed by atoms with E-state index >= 15 is 0 Å².